The molecule has 1 heterocycles. The first-order valence-corrected chi connectivity index (χ1v) is 10.4. The Kier molecular flexibility index (Phi) is 6.58. The van der Waals surface area contributed by atoms with Crippen molar-refractivity contribution in [2.45, 2.75) is 13.0 Å². The standard InChI is InChI=1S/C22H22BrN3O3S/c1-13-18(20(27)25(2)3)19(16-10-5-6-11-17(16)21(28)29-4)24-22(30)26(13)15-9-7-8-14(23)12-15/h5-12,19H,1-4H3,(H,24,30). The molecule has 1 unspecified atom stereocenters. The van der Waals surface area contributed by atoms with Gasteiger partial charge >= 0.3 is 5.97 Å². The van der Waals surface area contributed by atoms with Gasteiger partial charge in [-0.15, -0.1) is 0 Å². The fourth-order valence-electron chi connectivity index (χ4n) is 3.46. The number of carbonyl (C=O) groups excluding carboxylic acids is 2. The molecule has 1 amide bonds. The summed E-state index contributed by atoms with van der Waals surface area (Å²) < 4.78 is 5.84. The lowest BCUT2D eigenvalue weighted by Gasteiger charge is -2.39. The number of hydrogen-bond donors (Lipinski definition) is 1. The maximum absolute atomic E-state index is 13.2. The minimum absolute atomic E-state index is 0.174. The number of allylic oxidation sites excluding steroid dienone is 1. The molecule has 0 saturated carbocycles. The summed E-state index contributed by atoms with van der Waals surface area (Å²) in [5.41, 5.74) is 3.03. The molecule has 0 saturated heterocycles. The van der Waals surface area contributed by atoms with Crippen LogP contribution in [0, 0.1) is 0 Å². The van der Waals surface area contributed by atoms with E-state index in [2.05, 4.69) is 21.2 Å². The second kappa shape index (κ2) is 8.97. The van der Waals surface area contributed by atoms with Crippen molar-refractivity contribution >= 4 is 50.8 Å². The molecule has 0 aliphatic carbocycles. The molecule has 6 nitrogen and oxygen atoms in total. The highest BCUT2D eigenvalue weighted by atomic mass is 79.9. The number of amides is 1. The summed E-state index contributed by atoms with van der Waals surface area (Å²) in [6.45, 7) is 1.86. The molecule has 0 fully saturated rings. The van der Waals surface area contributed by atoms with E-state index >= 15 is 0 Å². The van der Waals surface area contributed by atoms with E-state index in [1.54, 1.807) is 32.3 Å². The van der Waals surface area contributed by atoms with E-state index in [0.717, 1.165) is 10.2 Å². The number of nitrogens with zero attached hydrogens (tertiary/aromatic N) is 2. The number of hydrogen-bond acceptors (Lipinski definition) is 4. The van der Waals surface area contributed by atoms with Gasteiger partial charge in [-0.25, -0.2) is 4.79 Å². The molecule has 1 N–H and O–H groups in total. The van der Waals surface area contributed by atoms with Gasteiger partial charge in [0.2, 0.25) is 0 Å². The number of halogens is 1. The quantitative estimate of drug-likeness (QED) is 0.518. The maximum atomic E-state index is 13.2. The molecule has 0 bridgehead atoms. The smallest absolute Gasteiger partial charge is 0.338 e. The van der Waals surface area contributed by atoms with Crippen LogP contribution in [0.25, 0.3) is 0 Å². The van der Waals surface area contributed by atoms with Crippen LogP contribution in [0.1, 0.15) is 28.9 Å². The maximum Gasteiger partial charge on any atom is 0.338 e. The van der Waals surface area contributed by atoms with Crippen molar-refractivity contribution in [3.8, 4) is 0 Å². The van der Waals surface area contributed by atoms with Gasteiger partial charge in [-0.3, -0.25) is 9.69 Å². The first kappa shape index (κ1) is 22.0. The lowest BCUT2D eigenvalue weighted by atomic mass is 9.90. The second-order valence-corrected chi connectivity index (χ2v) is 8.28. The van der Waals surface area contributed by atoms with E-state index in [9.17, 15) is 9.59 Å². The Morgan fingerprint density at radius 2 is 1.87 bits per heavy atom. The lowest BCUT2D eigenvalue weighted by molar-refractivity contribution is -0.125. The van der Waals surface area contributed by atoms with E-state index in [1.807, 2.05) is 42.2 Å². The van der Waals surface area contributed by atoms with Crippen molar-refractivity contribution in [1.82, 2.24) is 10.2 Å². The van der Waals surface area contributed by atoms with E-state index in [1.165, 1.54) is 12.0 Å². The molecule has 156 valence electrons. The predicted octanol–water partition coefficient (Wildman–Crippen LogP) is 4.03. The molecule has 1 aliphatic heterocycles. The van der Waals surface area contributed by atoms with Crippen molar-refractivity contribution in [3.63, 3.8) is 0 Å². The Balaban J connectivity index is 2.22. The summed E-state index contributed by atoms with van der Waals surface area (Å²) in [4.78, 5) is 28.9. The fraction of sp³-hybridized carbons (Fsp3) is 0.227. The highest BCUT2D eigenvalue weighted by Gasteiger charge is 2.37. The van der Waals surface area contributed by atoms with Crippen molar-refractivity contribution in [3.05, 3.63) is 75.4 Å². The summed E-state index contributed by atoms with van der Waals surface area (Å²) in [5, 5.41) is 3.70. The molecular weight excluding hydrogens is 466 g/mol. The van der Waals surface area contributed by atoms with Gasteiger partial charge in [-0.1, -0.05) is 40.2 Å². The van der Waals surface area contributed by atoms with Crippen molar-refractivity contribution in [1.29, 1.82) is 0 Å². The number of nitrogens with one attached hydrogen (secondary N) is 1. The third-order valence-corrected chi connectivity index (χ3v) is 5.66. The molecule has 1 aliphatic rings. The Morgan fingerprint density at radius 3 is 2.50 bits per heavy atom. The molecule has 1 atom stereocenters. The molecule has 2 aromatic rings. The molecule has 30 heavy (non-hydrogen) atoms. The zero-order valence-electron chi connectivity index (χ0n) is 17.1. The monoisotopic (exact) mass is 487 g/mol. The van der Waals surface area contributed by atoms with Crippen LogP contribution in [-0.4, -0.2) is 43.1 Å². The summed E-state index contributed by atoms with van der Waals surface area (Å²) in [7, 11) is 4.73. The van der Waals surface area contributed by atoms with Gasteiger partial charge in [0.1, 0.15) is 0 Å². The number of methoxy groups -OCH3 is 1. The van der Waals surface area contributed by atoms with Crippen molar-refractivity contribution in [2.24, 2.45) is 0 Å². The largest absolute Gasteiger partial charge is 0.465 e. The highest BCUT2D eigenvalue weighted by Crippen LogP contribution is 2.36. The Bertz CT molecular complexity index is 1050. The van der Waals surface area contributed by atoms with Crippen LogP contribution in [0.4, 0.5) is 5.69 Å². The number of benzene rings is 2. The normalized spacial score (nSPS) is 16.2. The van der Waals surface area contributed by atoms with Gasteiger partial charge in [0.25, 0.3) is 5.91 Å². The molecule has 0 radical (unpaired) electrons. The summed E-state index contributed by atoms with van der Waals surface area (Å²) in [5.74, 6) is -0.644. The third-order valence-electron chi connectivity index (χ3n) is 4.86. The number of anilines is 1. The molecule has 0 spiro atoms. The minimum atomic E-state index is -0.592. The van der Waals surface area contributed by atoms with Crippen LogP contribution in [0.3, 0.4) is 0 Å². The van der Waals surface area contributed by atoms with E-state index in [-0.39, 0.29) is 5.91 Å². The molecule has 8 heteroatoms. The van der Waals surface area contributed by atoms with E-state index in [0.29, 0.717) is 27.5 Å². The summed E-state index contributed by atoms with van der Waals surface area (Å²) >= 11 is 9.16. The van der Waals surface area contributed by atoms with Crippen LogP contribution in [-0.2, 0) is 9.53 Å². The average Bonchev–Trinajstić information content (AvgIpc) is 2.72. The number of rotatable bonds is 4. The summed E-state index contributed by atoms with van der Waals surface area (Å²) in [6.07, 6.45) is 0. The van der Waals surface area contributed by atoms with E-state index in [4.69, 9.17) is 17.0 Å². The Morgan fingerprint density at radius 1 is 1.17 bits per heavy atom. The van der Waals surface area contributed by atoms with E-state index < -0.39 is 12.0 Å². The van der Waals surface area contributed by atoms with Crippen LogP contribution in [0.15, 0.2) is 64.3 Å². The van der Waals surface area contributed by atoms with Crippen LogP contribution < -0.4 is 10.2 Å². The SMILES string of the molecule is COC(=O)c1ccccc1C1NC(=S)N(c2cccc(Br)c2)C(C)=C1C(=O)N(C)C. The highest BCUT2D eigenvalue weighted by molar-refractivity contribution is 9.10. The molecule has 0 aromatic heterocycles. The fourth-order valence-corrected chi connectivity index (χ4v) is 4.21. The van der Waals surface area contributed by atoms with Crippen LogP contribution >= 0.6 is 28.1 Å². The predicted molar refractivity (Wildman–Crippen MR) is 124 cm³/mol. The molecule has 3 rings (SSSR count). The van der Waals surface area contributed by atoms with Gasteiger partial charge in [0.05, 0.1) is 24.3 Å². The zero-order valence-corrected chi connectivity index (χ0v) is 19.5. The van der Waals surface area contributed by atoms with Gasteiger partial charge in [0.15, 0.2) is 5.11 Å². The number of esters is 1. The second-order valence-electron chi connectivity index (χ2n) is 6.98. The topological polar surface area (TPSA) is 61.9 Å². The zero-order chi connectivity index (χ0) is 22.0. The van der Waals surface area contributed by atoms with Crippen molar-refractivity contribution in [2.75, 3.05) is 26.1 Å². The Labute approximate surface area is 189 Å². The first-order valence-electron chi connectivity index (χ1n) is 9.22. The van der Waals surface area contributed by atoms with Gasteiger partial charge in [0, 0.05) is 30.0 Å². The Hall–Kier alpha value is -2.71. The first-order chi connectivity index (χ1) is 14.3. The summed E-state index contributed by atoms with van der Waals surface area (Å²) in [6, 6.07) is 14.1. The van der Waals surface area contributed by atoms with Crippen molar-refractivity contribution < 1.29 is 14.3 Å². The number of ether oxygens (including phenoxy) is 1. The number of thiocarbonyl (C=S) groups is 1. The van der Waals surface area contributed by atoms with Crippen LogP contribution in [0.5, 0.6) is 0 Å². The van der Waals surface area contributed by atoms with Crippen LogP contribution in [0.2, 0.25) is 0 Å². The number of carbonyl (C=O) groups is 2. The molecule has 2 aromatic carbocycles. The average molecular weight is 488 g/mol. The number of likely N-dealkylation sites (N-methyl/N-ethyl adjacent to an activating group) is 1. The minimum Gasteiger partial charge on any atom is -0.465 e. The van der Waals surface area contributed by atoms with Gasteiger partial charge in [-0.2, -0.15) is 0 Å². The lowest BCUT2D eigenvalue weighted by Crippen LogP contribution is -2.49. The van der Waals surface area contributed by atoms with Gasteiger partial charge < -0.3 is 15.0 Å². The van der Waals surface area contributed by atoms with Gasteiger partial charge in [-0.05, 0) is 49.0 Å². The third kappa shape index (κ3) is 4.11. The molecular formula is C22H22BrN3O3S.